The summed E-state index contributed by atoms with van der Waals surface area (Å²) in [6, 6.07) is 3.38. The van der Waals surface area contributed by atoms with Gasteiger partial charge in [0.05, 0.1) is 17.5 Å². The molecule has 0 aromatic heterocycles. The monoisotopic (exact) mass is 426 g/mol. The molecule has 10 heteroatoms. The summed E-state index contributed by atoms with van der Waals surface area (Å²) in [6.07, 6.45) is -2.29. The molecule has 1 aromatic carbocycles. The topological polar surface area (TPSA) is 95.7 Å². The number of benzene rings is 1. The third-order valence-corrected chi connectivity index (χ3v) is 5.61. The van der Waals surface area contributed by atoms with Crippen LogP contribution in [0.15, 0.2) is 24.3 Å². The molecule has 1 aromatic rings. The molecule has 0 unspecified atom stereocenters. The van der Waals surface area contributed by atoms with Gasteiger partial charge in [-0.25, -0.2) is 4.79 Å². The molecule has 3 N–H and O–H groups in total. The van der Waals surface area contributed by atoms with Crippen molar-refractivity contribution >= 4 is 17.8 Å². The number of carbonyl (C=O) groups excluding carboxylic acids is 3. The van der Waals surface area contributed by atoms with Crippen LogP contribution in [0.3, 0.4) is 0 Å². The zero-order valence-corrected chi connectivity index (χ0v) is 16.5. The number of carbonyl (C=O) groups is 3. The van der Waals surface area contributed by atoms with Crippen LogP contribution in [0.5, 0.6) is 0 Å². The van der Waals surface area contributed by atoms with Crippen molar-refractivity contribution in [3.05, 3.63) is 35.4 Å². The van der Waals surface area contributed by atoms with Crippen molar-refractivity contribution in [3.63, 3.8) is 0 Å². The van der Waals surface area contributed by atoms with E-state index in [0.717, 1.165) is 12.1 Å². The Morgan fingerprint density at radius 1 is 1.23 bits per heavy atom. The lowest BCUT2D eigenvalue weighted by molar-refractivity contribution is -0.137. The van der Waals surface area contributed by atoms with E-state index in [-0.39, 0.29) is 30.5 Å². The van der Waals surface area contributed by atoms with Gasteiger partial charge in [-0.3, -0.25) is 9.59 Å². The second-order valence-corrected chi connectivity index (χ2v) is 7.75. The predicted molar refractivity (Wildman–Crippen MR) is 102 cm³/mol. The van der Waals surface area contributed by atoms with Gasteiger partial charge in [-0.2, -0.15) is 13.2 Å². The average molecular weight is 426 g/mol. The molecule has 7 nitrogen and oxygen atoms in total. The first-order valence-electron chi connectivity index (χ1n) is 9.95. The van der Waals surface area contributed by atoms with E-state index >= 15 is 0 Å². The van der Waals surface area contributed by atoms with E-state index in [0.29, 0.717) is 38.8 Å². The van der Waals surface area contributed by atoms with E-state index in [1.807, 2.05) is 0 Å². The molecule has 0 aliphatic carbocycles. The van der Waals surface area contributed by atoms with Crippen LogP contribution in [0, 0.1) is 5.92 Å². The third-order valence-electron chi connectivity index (χ3n) is 5.61. The Morgan fingerprint density at radius 3 is 2.63 bits per heavy atom. The number of nitrogens with one attached hydrogen (secondary N) is 1. The Morgan fingerprint density at radius 2 is 2.00 bits per heavy atom. The van der Waals surface area contributed by atoms with Gasteiger partial charge in [0, 0.05) is 32.6 Å². The number of alkyl halides is 3. The summed E-state index contributed by atoms with van der Waals surface area (Å²) in [7, 11) is 0. The molecule has 2 heterocycles. The fourth-order valence-electron chi connectivity index (χ4n) is 3.96. The van der Waals surface area contributed by atoms with Crippen LogP contribution in [0.2, 0.25) is 0 Å². The van der Waals surface area contributed by atoms with Crippen molar-refractivity contribution < 1.29 is 27.6 Å². The van der Waals surface area contributed by atoms with E-state index in [1.165, 1.54) is 17.0 Å². The number of halogens is 3. The average Bonchev–Trinajstić information content (AvgIpc) is 3.11. The van der Waals surface area contributed by atoms with Crippen molar-refractivity contribution in [1.29, 1.82) is 0 Å². The van der Waals surface area contributed by atoms with Gasteiger partial charge in [0.15, 0.2) is 0 Å². The summed E-state index contributed by atoms with van der Waals surface area (Å²) in [6.45, 7) is 1.23. The molecule has 2 aliphatic heterocycles. The second kappa shape index (κ2) is 8.93. The molecule has 2 atom stereocenters. The maximum atomic E-state index is 13.2. The summed E-state index contributed by atoms with van der Waals surface area (Å²) in [5.74, 6) is -0.956. The fourth-order valence-corrected chi connectivity index (χ4v) is 3.96. The molecule has 0 spiro atoms. The number of primary amides is 1. The highest BCUT2D eigenvalue weighted by atomic mass is 19.4. The number of likely N-dealkylation sites (tertiary alicyclic amines) is 2. The van der Waals surface area contributed by atoms with Crippen LogP contribution in [-0.2, 0) is 15.8 Å². The standard InChI is InChI=1S/C20H25F3N4O3/c21-20(22,23)15-6-1-4-13(10-15)16(12-26-8-3-7-17(26)28)25-18(29)14-5-2-9-27(11-14)19(24)30/h1,4,6,10,14,16H,2-3,5,7-9,11-12H2,(H2,24,30)(H,25,29)/t14-,16+/m0/s1. The number of hydrogen-bond acceptors (Lipinski definition) is 3. The van der Waals surface area contributed by atoms with Gasteiger partial charge in [-0.05, 0) is 37.0 Å². The van der Waals surface area contributed by atoms with Crippen LogP contribution >= 0.6 is 0 Å². The van der Waals surface area contributed by atoms with Crippen molar-refractivity contribution in [3.8, 4) is 0 Å². The summed E-state index contributed by atoms with van der Waals surface area (Å²) >= 11 is 0. The molecule has 2 fully saturated rings. The summed E-state index contributed by atoms with van der Waals surface area (Å²) in [4.78, 5) is 39.3. The molecular weight excluding hydrogens is 401 g/mol. The molecule has 164 valence electrons. The third kappa shape index (κ3) is 5.22. The minimum atomic E-state index is -4.51. The molecule has 30 heavy (non-hydrogen) atoms. The van der Waals surface area contributed by atoms with Crippen molar-refractivity contribution in [2.45, 2.75) is 37.9 Å². The minimum Gasteiger partial charge on any atom is -0.351 e. The maximum Gasteiger partial charge on any atom is 0.416 e. The van der Waals surface area contributed by atoms with Crippen LogP contribution in [-0.4, -0.2) is 53.8 Å². The number of piperidine rings is 1. The summed E-state index contributed by atoms with van der Waals surface area (Å²) in [5, 5.41) is 2.81. The number of urea groups is 1. The Balaban J connectivity index is 1.80. The summed E-state index contributed by atoms with van der Waals surface area (Å²) in [5.41, 5.74) is 4.77. The second-order valence-electron chi connectivity index (χ2n) is 7.75. The van der Waals surface area contributed by atoms with Crippen LogP contribution in [0.1, 0.15) is 42.9 Å². The quantitative estimate of drug-likeness (QED) is 0.756. The van der Waals surface area contributed by atoms with E-state index < -0.39 is 29.7 Å². The number of hydrogen-bond donors (Lipinski definition) is 2. The highest BCUT2D eigenvalue weighted by molar-refractivity contribution is 5.81. The molecule has 2 saturated heterocycles. The van der Waals surface area contributed by atoms with Gasteiger partial charge in [-0.15, -0.1) is 0 Å². The Hall–Kier alpha value is -2.78. The number of nitrogens with two attached hydrogens (primary N) is 1. The van der Waals surface area contributed by atoms with E-state index in [9.17, 15) is 27.6 Å². The van der Waals surface area contributed by atoms with Gasteiger partial charge in [-0.1, -0.05) is 12.1 Å². The van der Waals surface area contributed by atoms with E-state index in [2.05, 4.69) is 5.32 Å². The van der Waals surface area contributed by atoms with Crippen LogP contribution < -0.4 is 11.1 Å². The van der Waals surface area contributed by atoms with Gasteiger partial charge in [0.25, 0.3) is 0 Å². The van der Waals surface area contributed by atoms with Crippen LogP contribution in [0.25, 0.3) is 0 Å². The molecular formula is C20H25F3N4O3. The van der Waals surface area contributed by atoms with Gasteiger partial charge < -0.3 is 20.9 Å². The predicted octanol–water partition coefficient (Wildman–Crippen LogP) is 2.28. The van der Waals surface area contributed by atoms with Crippen LogP contribution in [0.4, 0.5) is 18.0 Å². The SMILES string of the molecule is NC(=O)N1CCC[C@H](C(=O)N[C@H](CN2CCCC2=O)c2cccc(C(F)(F)F)c2)C1. The molecule has 0 saturated carbocycles. The highest BCUT2D eigenvalue weighted by Crippen LogP contribution is 2.31. The first-order valence-corrected chi connectivity index (χ1v) is 9.95. The minimum absolute atomic E-state index is 0.0844. The van der Waals surface area contributed by atoms with E-state index in [1.54, 1.807) is 4.90 Å². The highest BCUT2D eigenvalue weighted by Gasteiger charge is 2.33. The number of nitrogens with zero attached hydrogens (tertiary/aromatic N) is 2. The zero-order valence-electron chi connectivity index (χ0n) is 16.5. The Labute approximate surface area is 172 Å². The maximum absolute atomic E-state index is 13.2. The largest absolute Gasteiger partial charge is 0.416 e. The lowest BCUT2D eigenvalue weighted by Gasteiger charge is -2.32. The summed E-state index contributed by atoms with van der Waals surface area (Å²) < 4.78 is 39.5. The normalized spacial score (nSPS) is 20.9. The number of rotatable bonds is 5. The van der Waals surface area contributed by atoms with Crippen molar-refractivity contribution in [1.82, 2.24) is 15.1 Å². The van der Waals surface area contributed by atoms with Gasteiger partial charge in [0.1, 0.15) is 0 Å². The van der Waals surface area contributed by atoms with Crippen molar-refractivity contribution in [2.24, 2.45) is 11.7 Å². The number of amides is 4. The Kier molecular flexibility index (Phi) is 6.52. The van der Waals surface area contributed by atoms with E-state index in [4.69, 9.17) is 5.73 Å². The smallest absolute Gasteiger partial charge is 0.351 e. The molecule has 3 rings (SSSR count). The lowest BCUT2D eigenvalue weighted by atomic mass is 9.96. The molecule has 4 amide bonds. The van der Waals surface area contributed by atoms with Gasteiger partial charge in [0.2, 0.25) is 11.8 Å². The molecule has 2 aliphatic rings. The zero-order chi connectivity index (χ0) is 21.9. The molecule has 0 bridgehead atoms. The van der Waals surface area contributed by atoms with Gasteiger partial charge >= 0.3 is 12.2 Å². The fraction of sp³-hybridized carbons (Fsp3) is 0.550. The van der Waals surface area contributed by atoms with Crippen molar-refractivity contribution in [2.75, 3.05) is 26.2 Å². The lowest BCUT2D eigenvalue weighted by Crippen LogP contribution is -2.48. The Bertz CT molecular complexity index is 815. The molecule has 0 radical (unpaired) electrons. The first-order chi connectivity index (χ1) is 14.1. The first kappa shape index (κ1) is 21.9.